The summed E-state index contributed by atoms with van der Waals surface area (Å²) in [7, 11) is 2.44. The molecule has 1 aliphatic heterocycles. The average Bonchev–Trinajstić information content (AvgIpc) is 3.07. The first-order chi connectivity index (χ1) is 21.0. The molecule has 8 heteroatoms. The Labute approximate surface area is 249 Å². The fourth-order valence-corrected chi connectivity index (χ4v) is 5.11. The molecule has 214 valence electrons. The maximum absolute atomic E-state index is 13.4. The lowest BCUT2D eigenvalue weighted by Gasteiger charge is -2.36. The van der Waals surface area contributed by atoms with E-state index in [9.17, 15) is 14.9 Å². The number of methoxy groups -OCH3 is 2. The smallest absolute Gasteiger partial charge is 0.355 e. The zero-order valence-corrected chi connectivity index (χ0v) is 23.7. The minimum absolute atomic E-state index is 0.00139. The quantitative estimate of drug-likeness (QED) is 0.263. The zero-order valence-electron chi connectivity index (χ0n) is 23.7. The van der Waals surface area contributed by atoms with Crippen LogP contribution in [0.25, 0.3) is 11.1 Å². The first-order valence-electron chi connectivity index (χ1n) is 13.5. The van der Waals surface area contributed by atoms with Crippen molar-refractivity contribution in [1.29, 1.82) is 5.26 Å². The second-order valence-electron chi connectivity index (χ2n) is 9.69. The van der Waals surface area contributed by atoms with Gasteiger partial charge in [0.1, 0.15) is 23.9 Å². The molecule has 1 aliphatic rings. The maximum Gasteiger partial charge on any atom is 0.355 e. The van der Waals surface area contributed by atoms with Gasteiger partial charge in [-0.15, -0.1) is 0 Å². The molecule has 8 nitrogen and oxygen atoms in total. The Morgan fingerprint density at radius 3 is 2.09 bits per heavy atom. The molecule has 43 heavy (non-hydrogen) atoms. The van der Waals surface area contributed by atoms with Crippen molar-refractivity contribution < 1.29 is 23.8 Å². The van der Waals surface area contributed by atoms with Crippen LogP contribution in [-0.2, 0) is 25.7 Å². The number of carbonyl (C=O) groups is 2. The van der Waals surface area contributed by atoms with E-state index in [1.807, 2.05) is 72.8 Å². The van der Waals surface area contributed by atoms with E-state index in [0.29, 0.717) is 23.6 Å². The number of benzene rings is 4. The first-order valence-corrected chi connectivity index (χ1v) is 13.5. The van der Waals surface area contributed by atoms with Gasteiger partial charge in [0.05, 0.1) is 37.4 Å². The Kier molecular flexibility index (Phi) is 8.54. The molecule has 0 bridgehead atoms. The summed E-state index contributed by atoms with van der Waals surface area (Å²) in [5, 5.41) is 10.3. The second-order valence-corrected chi connectivity index (χ2v) is 9.69. The molecule has 1 unspecified atom stereocenters. The molecule has 1 atom stereocenters. The molecule has 1 heterocycles. The summed E-state index contributed by atoms with van der Waals surface area (Å²) in [5.74, 6) is -1.83. The Morgan fingerprint density at radius 1 is 0.814 bits per heavy atom. The Morgan fingerprint density at radius 2 is 1.44 bits per heavy atom. The van der Waals surface area contributed by atoms with Crippen molar-refractivity contribution in [1.82, 2.24) is 0 Å². The predicted octanol–water partition coefficient (Wildman–Crippen LogP) is 5.83. The van der Waals surface area contributed by atoms with Crippen LogP contribution in [0.3, 0.4) is 0 Å². The van der Waals surface area contributed by atoms with E-state index in [-0.39, 0.29) is 22.7 Å². The number of nitriles is 1. The fourth-order valence-electron chi connectivity index (χ4n) is 5.11. The predicted molar refractivity (Wildman–Crippen MR) is 162 cm³/mol. The number of nitrogens with two attached hydrogens (primary N) is 1. The van der Waals surface area contributed by atoms with Gasteiger partial charge in [-0.25, -0.2) is 9.59 Å². The number of rotatable bonds is 8. The van der Waals surface area contributed by atoms with Crippen LogP contribution in [0, 0.1) is 11.3 Å². The molecule has 5 rings (SSSR count). The van der Waals surface area contributed by atoms with Gasteiger partial charge in [0.2, 0.25) is 0 Å². The molecular formula is C35H29N3O5. The summed E-state index contributed by atoms with van der Waals surface area (Å²) in [6.07, 6.45) is 0. The average molecular weight is 572 g/mol. The Hall–Kier alpha value is -5.81. The van der Waals surface area contributed by atoms with E-state index < -0.39 is 17.9 Å². The van der Waals surface area contributed by atoms with Gasteiger partial charge in [-0.2, -0.15) is 5.26 Å². The largest absolute Gasteiger partial charge is 0.489 e. The molecule has 2 N–H and O–H groups in total. The summed E-state index contributed by atoms with van der Waals surface area (Å²) in [6.45, 7) is 0.419. The molecule has 0 radical (unpaired) electrons. The summed E-state index contributed by atoms with van der Waals surface area (Å²) >= 11 is 0. The normalized spacial score (nSPS) is 14.6. The SMILES string of the molecule is COC(=O)C1=C(C(=O)OC)N(c2cccc(-c3cccc(OCc4ccccc4)c3)c2)C(N)=C(C#N)C1c1ccccc1. The molecule has 0 spiro atoms. The highest BCUT2D eigenvalue weighted by Crippen LogP contribution is 2.43. The van der Waals surface area contributed by atoms with Crippen molar-refractivity contribution in [3.8, 4) is 22.9 Å². The van der Waals surface area contributed by atoms with E-state index in [0.717, 1.165) is 16.7 Å². The van der Waals surface area contributed by atoms with Gasteiger partial charge < -0.3 is 19.9 Å². The van der Waals surface area contributed by atoms with Crippen molar-refractivity contribution in [2.24, 2.45) is 5.73 Å². The molecule has 0 aliphatic carbocycles. The third kappa shape index (κ3) is 5.83. The van der Waals surface area contributed by atoms with Gasteiger partial charge in [0, 0.05) is 5.69 Å². The van der Waals surface area contributed by atoms with Gasteiger partial charge in [-0.05, 0) is 46.5 Å². The highest BCUT2D eigenvalue weighted by atomic mass is 16.5. The number of hydrogen-bond donors (Lipinski definition) is 1. The third-order valence-electron chi connectivity index (χ3n) is 7.13. The van der Waals surface area contributed by atoms with Crippen molar-refractivity contribution in [2.75, 3.05) is 19.1 Å². The zero-order chi connectivity index (χ0) is 30.3. The minimum Gasteiger partial charge on any atom is -0.489 e. The van der Waals surface area contributed by atoms with E-state index in [4.69, 9.17) is 19.9 Å². The first kappa shape index (κ1) is 28.7. The molecule has 0 saturated heterocycles. The summed E-state index contributed by atoms with van der Waals surface area (Å²) in [4.78, 5) is 28.1. The lowest BCUT2D eigenvalue weighted by atomic mass is 9.81. The van der Waals surface area contributed by atoms with Crippen molar-refractivity contribution >= 4 is 17.6 Å². The highest BCUT2D eigenvalue weighted by Gasteiger charge is 2.43. The third-order valence-corrected chi connectivity index (χ3v) is 7.13. The van der Waals surface area contributed by atoms with Crippen LogP contribution in [0.1, 0.15) is 17.0 Å². The molecule has 4 aromatic rings. The van der Waals surface area contributed by atoms with Crippen LogP contribution in [0.15, 0.2) is 132 Å². The van der Waals surface area contributed by atoms with Gasteiger partial charge >= 0.3 is 11.9 Å². The number of hydrogen-bond acceptors (Lipinski definition) is 8. The van der Waals surface area contributed by atoms with Gasteiger partial charge in [-0.3, -0.25) is 4.90 Å². The molecule has 0 saturated carbocycles. The highest BCUT2D eigenvalue weighted by molar-refractivity contribution is 6.06. The molecule has 0 fully saturated rings. The molecular weight excluding hydrogens is 542 g/mol. The van der Waals surface area contributed by atoms with Crippen molar-refractivity contribution in [3.05, 3.63) is 143 Å². The summed E-state index contributed by atoms with van der Waals surface area (Å²) in [6, 6.07) is 35.8. The van der Waals surface area contributed by atoms with E-state index >= 15 is 0 Å². The number of esters is 2. The monoisotopic (exact) mass is 571 g/mol. The summed E-state index contributed by atoms with van der Waals surface area (Å²) in [5.41, 5.74) is 10.3. The standard InChI is InChI=1S/C35H29N3O5/c1-41-34(39)31-30(24-13-7-4-8-14-24)29(21-36)33(37)38(32(31)35(40)42-2)27-17-9-15-25(19-27)26-16-10-18-28(20-26)43-22-23-11-5-3-6-12-23/h3-20,30H,22,37H2,1-2H3. The number of nitrogens with zero attached hydrogens (tertiary/aromatic N) is 2. The van der Waals surface area contributed by atoms with Crippen LogP contribution >= 0.6 is 0 Å². The summed E-state index contributed by atoms with van der Waals surface area (Å²) < 4.78 is 16.3. The van der Waals surface area contributed by atoms with E-state index in [1.54, 1.807) is 36.4 Å². The number of carbonyl (C=O) groups excluding carboxylic acids is 2. The molecule has 4 aromatic carbocycles. The van der Waals surface area contributed by atoms with Crippen LogP contribution in [0.2, 0.25) is 0 Å². The topological polar surface area (TPSA) is 115 Å². The molecule has 0 aromatic heterocycles. The van der Waals surface area contributed by atoms with Gasteiger partial charge in [0.25, 0.3) is 0 Å². The number of ether oxygens (including phenoxy) is 3. The lowest BCUT2D eigenvalue weighted by Crippen LogP contribution is -2.40. The number of allylic oxidation sites excluding steroid dienone is 1. The van der Waals surface area contributed by atoms with E-state index in [1.165, 1.54) is 19.1 Å². The van der Waals surface area contributed by atoms with Crippen LogP contribution in [0.4, 0.5) is 5.69 Å². The van der Waals surface area contributed by atoms with Crippen LogP contribution in [-0.4, -0.2) is 26.2 Å². The maximum atomic E-state index is 13.4. The Bertz CT molecular complexity index is 1760. The minimum atomic E-state index is -0.939. The van der Waals surface area contributed by atoms with Crippen LogP contribution in [0.5, 0.6) is 5.75 Å². The van der Waals surface area contributed by atoms with Crippen molar-refractivity contribution in [3.63, 3.8) is 0 Å². The molecule has 0 amide bonds. The number of anilines is 1. The van der Waals surface area contributed by atoms with Gasteiger partial charge in [-0.1, -0.05) is 84.9 Å². The fraction of sp³-hybridized carbons (Fsp3) is 0.114. The van der Waals surface area contributed by atoms with Crippen LogP contribution < -0.4 is 15.4 Å². The Balaban J connectivity index is 1.61. The van der Waals surface area contributed by atoms with Crippen molar-refractivity contribution in [2.45, 2.75) is 12.5 Å². The van der Waals surface area contributed by atoms with Gasteiger partial charge in [0.15, 0.2) is 0 Å². The van der Waals surface area contributed by atoms with E-state index in [2.05, 4.69) is 6.07 Å². The second kappa shape index (κ2) is 12.8. The lowest BCUT2D eigenvalue weighted by molar-refractivity contribution is -0.139.